The fraction of sp³-hybridized carbons (Fsp3) is 0.529. The van der Waals surface area contributed by atoms with Crippen LogP contribution in [0.5, 0.6) is 0 Å². The monoisotopic (exact) mass is 304 g/mol. The van der Waals surface area contributed by atoms with Crippen LogP contribution in [-0.2, 0) is 9.59 Å². The van der Waals surface area contributed by atoms with E-state index in [2.05, 4.69) is 17.6 Å². The first kappa shape index (κ1) is 16.5. The zero-order valence-electron chi connectivity index (χ0n) is 13.3. The summed E-state index contributed by atoms with van der Waals surface area (Å²) >= 11 is 0. The Balaban J connectivity index is 1.58. The normalized spacial score (nSPS) is 15.9. The summed E-state index contributed by atoms with van der Waals surface area (Å²) in [5.41, 5.74) is 0.840. The number of quaternary nitrogens is 1. The number of carbonyl (C=O) groups excluding carboxylic acids is 2. The van der Waals surface area contributed by atoms with E-state index in [1.54, 1.807) is 0 Å². The van der Waals surface area contributed by atoms with Gasteiger partial charge in [-0.2, -0.15) is 0 Å². The van der Waals surface area contributed by atoms with Crippen LogP contribution in [0, 0.1) is 0 Å². The van der Waals surface area contributed by atoms with E-state index in [0.717, 1.165) is 38.2 Å². The molecule has 0 aromatic heterocycles. The summed E-state index contributed by atoms with van der Waals surface area (Å²) in [5, 5.41) is 5.09. The van der Waals surface area contributed by atoms with Gasteiger partial charge in [-0.25, -0.2) is 0 Å². The quantitative estimate of drug-likeness (QED) is 0.703. The highest BCUT2D eigenvalue weighted by Gasteiger charge is 2.19. The number of nitrogens with two attached hydrogens (primary N) is 1. The lowest BCUT2D eigenvalue weighted by Gasteiger charge is -2.16. The van der Waals surface area contributed by atoms with Crippen molar-refractivity contribution >= 4 is 17.5 Å². The van der Waals surface area contributed by atoms with Crippen molar-refractivity contribution in [2.45, 2.75) is 38.6 Å². The second-order valence-electron chi connectivity index (χ2n) is 5.96. The summed E-state index contributed by atoms with van der Waals surface area (Å²) in [7, 11) is 0. The third kappa shape index (κ3) is 5.48. The molecular weight excluding hydrogens is 278 g/mol. The van der Waals surface area contributed by atoms with Gasteiger partial charge in [0.25, 0.3) is 0 Å². The van der Waals surface area contributed by atoms with Crippen molar-refractivity contribution in [3.05, 3.63) is 30.3 Å². The van der Waals surface area contributed by atoms with E-state index in [9.17, 15) is 9.59 Å². The number of carbonyl (C=O) groups is 2. The highest BCUT2D eigenvalue weighted by atomic mass is 16.2. The van der Waals surface area contributed by atoms with Crippen LogP contribution in [-0.4, -0.2) is 42.4 Å². The van der Waals surface area contributed by atoms with Crippen LogP contribution < -0.4 is 10.6 Å². The molecule has 0 saturated carbocycles. The zero-order chi connectivity index (χ0) is 15.8. The molecule has 2 amide bonds. The Morgan fingerprint density at radius 3 is 2.82 bits per heavy atom. The minimum Gasteiger partial charge on any atom is -0.344 e. The lowest BCUT2D eigenvalue weighted by molar-refractivity contribution is -0.685. The second-order valence-corrected chi connectivity index (χ2v) is 5.96. The van der Waals surface area contributed by atoms with Crippen molar-refractivity contribution in [3.63, 3.8) is 0 Å². The van der Waals surface area contributed by atoms with Gasteiger partial charge in [-0.15, -0.1) is 0 Å². The third-order valence-electron chi connectivity index (χ3n) is 3.94. The molecule has 0 spiro atoms. The lowest BCUT2D eigenvalue weighted by atomic mass is 10.2. The maximum atomic E-state index is 11.9. The summed E-state index contributed by atoms with van der Waals surface area (Å²) < 4.78 is 0. The zero-order valence-corrected chi connectivity index (χ0v) is 13.3. The van der Waals surface area contributed by atoms with Gasteiger partial charge >= 0.3 is 0 Å². The fourth-order valence-corrected chi connectivity index (χ4v) is 2.73. The number of hydrogen-bond acceptors (Lipinski definition) is 2. The minimum absolute atomic E-state index is 0.0460. The summed E-state index contributed by atoms with van der Waals surface area (Å²) in [6.07, 6.45) is 3.19. The predicted molar refractivity (Wildman–Crippen MR) is 86.4 cm³/mol. The van der Waals surface area contributed by atoms with Crippen LogP contribution >= 0.6 is 0 Å². The molecule has 1 aromatic carbocycles. The first-order valence-corrected chi connectivity index (χ1v) is 8.11. The smallest absolute Gasteiger partial charge is 0.230 e. The molecule has 2 rings (SSSR count). The molecule has 22 heavy (non-hydrogen) atoms. The highest BCUT2D eigenvalue weighted by Crippen LogP contribution is 2.09. The van der Waals surface area contributed by atoms with Gasteiger partial charge in [0, 0.05) is 31.6 Å². The van der Waals surface area contributed by atoms with E-state index < -0.39 is 0 Å². The maximum Gasteiger partial charge on any atom is 0.230 e. The van der Waals surface area contributed by atoms with E-state index in [4.69, 9.17) is 0 Å². The van der Waals surface area contributed by atoms with Crippen molar-refractivity contribution in [3.8, 4) is 0 Å². The van der Waals surface area contributed by atoms with Gasteiger partial charge in [0.2, 0.25) is 11.8 Å². The van der Waals surface area contributed by atoms with Gasteiger partial charge in [0.1, 0.15) is 0 Å². The second kappa shape index (κ2) is 8.54. The molecule has 120 valence electrons. The molecule has 5 nitrogen and oxygen atoms in total. The predicted octanol–water partition coefficient (Wildman–Crippen LogP) is 0.980. The van der Waals surface area contributed by atoms with Gasteiger partial charge in [0.15, 0.2) is 0 Å². The summed E-state index contributed by atoms with van der Waals surface area (Å²) in [6.45, 7) is 4.77. The van der Waals surface area contributed by atoms with E-state index in [0.29, 0.717) is 12.8 Å². The molecule has 1 saturated heterocycles. The largest absolute Gasteiger partial charge is 0.344 e. The van der Waals surface area contributed by atoms with Crippen LogP contribution in [0.1, 0.15) is 32.6 Å². The molecule has 0 aliphatic carbocycles. The van der Waals surface area contributed by atoms with Crippen molar-refractivity contribution in [1.82, 2.24) is 4.90 Å². The van der Waals surface area contributed by atoms with E-state index in [1.807, 2.05) is 35.2 Å². The Morgan fingerprint density at radius 1 is 1.36 bits per heavy atom. The number of amides is 2. The average Bonchev–Trinajstić information content (AvgIpc) is 2.90. The molecule has 1 aliphatic rings. The van der Waals surface area contributed by atoms with Crippen LogP contribution in [0.25, 0.3) is 0 Å². The van der Waals surface area contributed by atoms with Gasteiger partial charge in [-0.3, -0.25) is 9.59 Å². The lowest BCUT2D eigenvalue weighted by Crippen LogP contribution is -2.89. The molecule has 0 bridgehead atoms. The average molecular weight is 304 g/mol. The van der Waals surface area contributed by atoms with Crippen molar-refractivity contribution in [1.29, 1.82) is 0 Å². The molecule has 3 N–H and O–H groups in total. The summed E-state index contributed by atoms with van der Waals surface area (Å²) in [6, 6.07) is 9.77. The first-order valence-electron chi connectivity index (χ1n) is 8.11. The number of benzene rings is 1. The van der Waals surface area contributed by atoms with Gasteiger partial charge in [-0.1, -0.05) is 18.2 Å². The summed E-state index contributed by atoms with van der Waals surface area (Å²) in [5.74, 6) is 0.333. The van der Waals surface area contributed by atoms with Crippen LogP contribution in [0.3, 0.4) is 0 Å². The molecule has 1 aliphatic heterocycles. The first-order chi connectivity index (χ1) is 10.6. The third-order valence-corrected chi connectivity index (χ3v) is 3.94. The number of rotatable bonds is 8. The standard InChI is InChI=1S/C17H25N3O2/c1-14(13-16(21)19-15-7-3-2-4-8-15)18-10-6-12-20-11-5-9-17(20)22/h2-4,7-8,14,18H,5-6,9-13H2,1H3,(H,19,21)/p+1/t14-/m0/s1. The van der Waals surface area contributed by atoms with Crippen LogP contribution in [0.15, 0.2) is 30.3 Å². The number of nitrogens with one attached hydrogen (secondary N) is 1. The number of para-hydroxylation sites is 1. The summed E-state index contributed by atoms with van der Waals surface area (Å²) in [4.78, 5) is 25.4. The molecule has 1 heterocycles. The molecular formula is C17H26N3O2+. The van der Waals surface area contributed by atoms with Crippen molar-refractivity contribution in [2.24, 2.45) is 0 Å². The Morgan fingerprint density at radius 2 is 2.14 bits per heavy atom. The van der Waals surface area contributed by atoms with Crippen molar-refractivity contribution in [2.75, 3.05) is 25.0 Å². The topological polar surface area (TPSA) is 66.0 Å². The Hall–Kier alpha value is -1.88. The highest BCUT2D eigenvalue weighted by molar-refractivity contribution is 5.90. The van der Waals surface area contributed by atoms with Crippen LogP contribution in [0.2, 0.25) is 0 Å². The van der Waals surface area contributed by atoms with E-state index >= 15 is 0 Å². The molecule has 1 fully saturated rings. The molecule has 0 radical (unpaired) electrons. The Labute approximate surface area is 132 Å². The maximum absolute atomic E-state index is 11.9. The van der Waals surface area contributed by atoms with Gasteiger partial charge in [0.05, 0.1) is 19.0 Å². The number of anilines is 1. The SMILES string of the molecule is C[C@@H](CC(=O)Nc1ccccc1)[NH2+]CCCN1CCCC1=O. The van der Waals surface area contributed by atoms with Crippen LogP contribution in [0.4, 0.5) is 5.69 Å². The van der Waals surface area contributed by atoms with Crippen molar-refractivity contribution < 1.29 is 14.9 Å². The molecule has 1 aromatic rings. The van der Waals surface area contributed by atoms with E-state index in [-0.39, 0.29) is 17.9 Å². The van der Waals surface area contributed by atoms with E-state index in [1.165, 1.54) is 0 Å². The molecule has 5 heteroatoms. The van der Waals surface area contributed by atoms with Gasteiger partial charge < -0.3 is 15.5 Å². The molecule has 0 unspecified atom stereocenters. The number of nitrogens with zero attached hydrogens (tertiary/aromatic N) is 1. The van der Waals surface area contributed by atoms with Gasteiger partial charge in [-0.05, 0) is 25.5 Å². The number of likely N-dealkylation sites (tertiary alicyclic amines) is 1. The Kier molecular flexibility index (Phi) is 6.40. The molecule has 1 atom stereocenters. The fourth-order valence-electron chi connectivity index (χ4n) is 2.73. The minimum atomic E-state index is 0.0460. The number of hydrogen-bond donors (Lipinski definition) is 2. The Bertz CT molecular complexity index is 490.